The third-order valence-electron chi connectivity index (χ3n) is 4.54. The zero-order valence-corrected chi connectivity index (χ0v) is 16.1. The van der Waals surface area contributed by atoms with Crippen molar-refractivity contribution in [3.63, 3.8) is 0 Å². The molecule has 1 heterocycles. The van der Waals surface area contributed by atoms with Crippen LogP contribution in [0.2, 0.25) is 0 Å². The van der Waals surface area contributed by atoms with Gasteiger partial charge in [0, 0.05) is 44.5 Å². The highest BCUT2D eigenvalue weighted by atomic mass is 19.1. The van der Waals surface area contributed by atoms with E-state index < -0.39 is 17.6 Å². The summed E-state index contributed by atoms with van der Waals surface area (Å²) in [5.41, 5.74) is 0.213. The normalized spacial score (nSPS) is 15.4. The molecular weight excluding hydrogens is 351 g/mol. The maximum absolute atomic E-state index is 13.8. The Morgan fingerprint density at radius 3 is 2.44 bits per heavy atom. The molecule has 1 aliphatic rings. The fourth-order valence-corrected chi connectivity index (χ4v) is 2.95. The van der Waals surface area contributed by atoms with Gasteiger partial charge < -0.3 is 25.2 Å². The molecule has 2 amide bonds. The first-order valence-electron chi connectivity index (χ1n) is 9.49. The Balaban J connectivity index is 1.67. The lowest BCUT2D eigenvalue weighted by atomic mass is 10.2. The van der Waals surface area contributed by atoms with Crippen LogP contribution in [0.3, 0.4) is 0 Å². The van der Waals surface area contributed by atoms with Crippen molar-refractivity contribution in [2.45, 2.75) is 20.3 Å². The number of benzene rings is 1. The summed E-state index contributed by atoms with van der Waals surface area (Å²) in [6.07, 6.45) is 0.781. The minimum Gasteiger partial charge on any atom is -0.491 e. The number of likely N-dealkylation sites (N-methyl/N-ethyl adjacent to an activating group) is 1. The maximum atomic E-state index is 13.8. The number of carbonyl (C=O) groups is 2. The molecule has 1 aromatic carbocycles. The number of carbonyl (C=O) groups excluding carboxylic acids is 2. The molecule has 27 heavy (non-hydrogen) atoms. The van der Waals surface area contributed by atoms with Crippen LogP contribution in [0.25, 0.3) is 0 Å². The summed E-state index contributed by atoms with van der Waals surface area (Å²) in [6.45, 7) is 10.9. The van der Waals surface area contributed by atoms with E-state index in [9.17, 15) is 14.0 Å². The number of amides is 2. The summed E-state index contributed by atoms with van der Waals surface area (Å²) in [7, 11) is 0. The molecule has 150 valence electrons. The van der Waals surface area contributed by atoms with Crippen molar-refractivity contribution in [2.24, 2.45) is 0 Å². The van der Waals surface area contributed by atoms with Crippen LogP contribution in [-0.4, -0.2) is 74.0 Å². The highest BCUT2D eigenvalue weighted by Crippen LogP contribution is 2.21. The van der Waals surface area contributed by atoms with Crippen LogP contribution in [-0.2, 0) is 9.59 Å². The molecule has 0 bridgehead atoms. The van der Waals surface area contributed by atoms with Crippen molar-refractivity contribution in [3.8, 4) is 5.75 Å². The molecule has 1 saturated heterocycles. The molecule has 1 aromatic rings. The molecule has 1 aliphatic heterocycles. The van der Waals surface area contributed by atoms with Crippen molar-refractivity contribution in [3.05, 3.63) is 24.0 Å². The first-order chi connectivity index (χ1) is 13.0. The Morgan fingerprint density at radius 2 is 1.81 bits per heavy atom. The fraction of sp³-hybridized carbons (Fsp3) is 0.579. The van der Waals surface area contributed by atoms with Crippen molar-refractivity contribution < 1.29 is 18.7 Å². The van der Waals surface area contributed by atoms with E-state index in [4.69, 9.17) is 4.74 Å². The fourth-order valence-electron chi connectivity index (χ4n) is 2.95. The zero-order valence-electron chi connectivity index (χ0n) is 16.1. The van der Waals surface area contributed by atoms with Crippen LogP contribution in [0.1, 0.15) is 20.3 Å². The van der Waals surface area contributed by atoms with Crippen molar-refractivity contribution in [1.29, 1.82) is 0 Å². The molecule has 0 atom stereocenters. The summed E-state index contributed by atoms with van der Waals surface area (Å²) >= 11 is 0. The van der Waals surface area contributed by atoms with Gasteiger partial charge in [0.25, 0.3) is 0 Å². The van der Waals surface area contributed by atoms with Crippen LogP contribution in [0.15, 0.2) is 18.2 Å². The van der Waals surface area contributed by atoms with Gasteiger partial charge >= 0.3 is 11.8 Å². The minimum absolute atomic E-state index is 0.111. The van der Waals surface area contributed by atoms with Gasteiger partial charge in [0.1, 0.15) is 0 Å². The molecule has 1 fully saturated rings. The highest BCUT2D eigenvalue weighted by molar-refractivity contribution is 6.39. The number of rotatable bonds is 8. The van der Waals surface area contributed by atoms with E-state index >= 15 is 0 Å². The molecule has 0 aliphatic carbocycles. The van der Waals surface area contributed by atoms with Crippen molar-refractivity contribution >= 4 is 17.5 Å². The minimum atomic E-state index is -0.810. The van der Waals surface area contributed by atoms with Crippen LogP contribution < -0.4 is 15.4 Å². The van der Waals surface area contributed by atoms with Gasteiger partial charge in [-0.2, -0.15) is 0 Å². The number of piperazine rings is 1. The second-order valence-corrected chi connectivity index (χ2v) is 6.42. The summed E-state index contributed by atoms with van der Waals surface area (Å²) < 4.78 is 18.9. The molecule has 0 radical (unpaired) electrons. The first kappa shape index (κ1) is 21.1. The van der Waals surface area contributed by atoms with E-state index in [1.165, 1.54) is 12.1 Å². The standard InChI is InChI=1S/C19H29FN4O3/c1-3-23-10-12-24(13-11-23)9-5-8-21-18(25)19(26)22-15-6-7-17(27-4-2)16(20)14-15/h6-7,14H,3-5,8-13H2,1-2H3,(H,21,25)(H,22,26). The third kappa shape index (κ3) is 6.80. The largest absolute Gasteiger partial charge is 0.491 e. The quantitative estimate of drug-likeness (QED) is 0.525. The van der Waals surface area contributed by atoms with Gasteiger partial charge in [-0.3, -0.25) is 9.59 Å². The molecule has 0 unspecified atom stereocenters. The summed E-state index contributed by atoms with van der Waals surface area (Å²) in [6, 6.07) is 4.05. The summed E-state index contributed by atoms with van der Waals surface area (Å²) in [4.78, 5) is 28.6. The van der Waals surface area contributed by atoms with Crippen molar-refractivity contribution in [1.82, 2.24) is 15.1 Å². The lowest BCUT2D eigenvalue weighted by molar-refractivity contribution is -0.136. The summed E-state index contributed by atoms with van der Waals surface area (Å²) in [5.74, 6) is -2.01. The predicted octanol–water partition coefficient (Wildman–Crippen LogP) is 1.31. The van der Waals surface area contributed by atoms with Gasteiger partial charge in [-0.1, -0.05) is 6.92 Å². The van der Waals surface area contributed by atoms with E-state index in [0.29, 0.717) is 13.2 Å². The molecular formula is C19H29FN4O3. The number of nitrogens with one attached hydrogen (secondary N) is 2. The number of anilines is 1. The van der Waals surface area contributed by atoms with E-state index in [1.54, 1.807) is 6.92 Å². The number of ether oxygens (including phenoxy) is 1. The Kier molecular flexibility index (Phi) is 8.47. The molecule has 0 saturated carbocycles. The van der Waals surface area contributed by atoms with Gasteiger partial charge in [0.2, 0.25) is 0 Å². The Bertz CT molecular complexity index is 633. The molecule has 2 N–H and O–H groups in total. The zero-order chi connectivity index (χ0) is 19.6. The van der Waals surface area contributed by atoms with Gasteiger partial charge in [0.05, 0.1) is 6.61 Å². The van der Waals surface area contributed by atoms with Crippen LogP contribution in [0, 0.1) is 5.82 Å². The van der Waals surface area contributed by atoms with E-state index in [2.05, 4.69) is 27.4 Å². The Hall–Kier alpha value is -2.19. The lowest BCUT2D eigenvalue weighted by Gasteiger charge is -2.33. The highest BCUT2D eigenvalue weighted by Gasteiger charge is 2.16. The number of hydrogen-bond donors (Lipinski definition) is 2. The van der Waals surface area contributed by atoms with Crippen molar-refractivity contribution in [2.75, 3.05) is 57.7 Å². The SMILES string of the molecule is CCOc1ccc(NC(=O)C(=O)NCCCN2CCN(CC)CC2)cc1F. The van der Waals surface area contributed by atoms with E-state index in [0.717, 1.165) is 51.8 Å². The van der Waals surface area contributed by atoms with Gasteiger partial charge in [-0.15, -0.1) is 0 Å². The molecule has 0 aromatic heterocycles. The molecule has 8 heteroatoms. The molecule has 0 spiro atoms. The van der Waals surface area contributed by atoms with E-state index in [1.807, 2.05) is 0 Å². The third-order valence-corrected chi connectivity index (χ3v) is 4.54. The van der Waals surface area contributed by atoms with Gasteiger partial charge in [-0.25, -0.2) is 4.39 Å². The predicted molar refractivity (Wildman–Crippen MR) is 102 cm³/mol. The Morgan fingerprint density at radius 1 is 1.11 bits per heavy atom. The second-order valence-electron chi connectivity index (χ2n) is 6.42. The van der Waals surface area contributed by atoms with Gasteiger partial charge in [0.15, 0.2) is 11.6 Å². The first-order valence-corrected chi connectivity index (χ1v) is 9.49. The molecule has 7 nitrogen and oxygen atoms in total. The number of hydrogen-bond acceptors (Lipinski definition) is 5. The smallest absolute Gasteiger partial charge is 0.313 e. The monoisotopic (exact) mass is 380 g/mol. The van der Waals surface area contributed by atoms with E-state index in [-0.39, 0.29) is 11.4 Å². The average Bonchev–Trinajstić information content (AvgIpc) is 2.67. The van der Waals surface area contributed by atoms with Gasteiger partial charge in [-0.05, 0) is 38.6 Å². The topological polar surface area (TPSA) is 73.9 Å². The lowest BCUT2D eigenvalue weighted by Crippen LogP contribution is -2.46. The van der Waals surface area contributed by atoms with Crippen LogP contribution in [0.5, 0.6) is 5.75 Å². The number of halogens is 1. The average molecular weight is 380 g/mol. The maximum Gasteiger partial charge on any atom is 0.313 e. The van der Waals surface area contributed by atoms with Crippen LogP contribution >= 0.6 is 0 Å². The second kappa shape index (κ2) is 10.8. The Labute approximate surface area is 159 Å². The molecule has 2 rings (SSSR count). The van der Waals surface area contributed by atoms with Crippen LogP contribution in [0.4, 0.5) is 10.1 Å². The summed E-state index contributed by atoms with van der Waals surface area (Å²) in [5, 5.41) is 4.99. The number of nitrogens with zero attached hydrogens (tertiary/aromatic N) is 2.